The van der Waals surface area contributed by atoms with Crippen molar-refractivity contribution < 1.29 is 9.59 Å². The van der Waals surface area contributed by atoms with E-state index < -0.39 is 0 Å². The molecule has 3 aromatic rings. The molecule has 8 nitrogen and oxygen atoms in total. The Hall–Kier alpha value is -3.77. The number of likely N-dealkylation sites (tertiary alicyclic amines) is 1. The van der Waals surface area contributed by atoms with E-state index in [1.54, 1.807) is 17.0 Å². The first kappa shape index (κ1) is 22.4. The Morgan fingerprint density at radius 1 is 1.12 bits per heavy atom. The molecule has 1 saturated heterocycles. The number of rotatable bonds is 4. The van der Waals surface area contributed by atoms with Crippen molar-refractivity contribution in [3.8, 4) is 27.8 Å². The summed E-state index contributed by atoms with van der Waals surface area (Å²) in [5.74, 6) is -0.496. The van der Waals surface area contributed by atoms with Gasteiger partial charge in [-0.05, 0) is 56.5 Å². The first-order chi connectivity index (χ1) is 15.8. The van der Waals surface area contributed by atoms with Crippen molar-refractivity contribution in [2.24, 2.45) is 11.7 Å². The molecule has 0 atom stereocenters. The maximum absolute atomic E-state index is 12.9. The van der Waals surface area contributed by atoms with E-state index in [0.717, 1.165) is 27.4 Å². The van der Waals surface area contributed by atoms with Gasteiger partial charge < -0.3 is 10.6 Å². The largest absolute Gasteiger partial charge is 0.369 e. The Balaban J connectivity index is 1.66. The molecular weight excluding hydrogens is 436 g/mol. The van der Waals surface area contributed by atoms with Crippen LogP contribution in [0.4, 0.5) is 9.93 Å². The normalized spacial score (nSPS) is 14.0. The standard InChI is InChI=1S/C24H24N6O2S/c1-14-10-19(11-15(2)27-14)21-20(18-5-3-4-16(12-18)13-25)28-23(33-21)29-24(32)30-8-6-17(7-9-30)22(26)31/h3-5,10-12,17H,6-9H2,1-2H3,(H2,26,31)(H,28,29,32). The zero-order valence-corrected chi connectivity index (χ0v) is 19.3. The highest BCUT2D eigenvalue weighted by Gasteiger charge is 2.27. The average molecular weight is 461 g/mol. The molecule has 0 unspecified atom stereocenters. The Kier molecular flexibility index (Phi) is 6.38. The molecule has 9 heteroatoms. The second-order valence-corrected chi connectivity index (χ2v) is 9.12. The second kappa shape index (κ2) is 9.38. The third-order valence-corrected chi connectivity index (χ3v) is 6.65. The zero-order valence-electron chi connectivity index (χ0n) is 18.5. The third-order valence-electron chi connectivity index (χ3n) is 5.63. The highest BCUT2D eigenvalue weighted by Crippen LogP contribution is 2.39. The van der Waals surface area contributed by atoms with Crippen molar-refractivity contribution in [1.82, 2.24) is 14.9 Å². The van der Waals surface area contributed by atoms with Crippen LogP contribution >= 0.6 is 11.3 Å². The summed E-state index contributed by atoms with van der Waals surface area (Å²) in [6.07, 6.45) is 1.13. The molecule has 1 aliphatic rings. The Labute approximate surface area is 196 Å². The number of carbonyl (C=O) groups is 2. The van der Waals surface area contributed by atoms with Gasteiger partial charge in [-0.2, -0.15) is 5.26 Å². The first-order valence-electron chi connectivity index (χ1n) is 10.7. The molecule has 1 fully saturated rings. The summed E-state index contributed by atoms with van der Waals surface area (Å²) in [4.78, 5) is 36.0. The lowest BCUT2D eigenvalue weighted by Crippen LogP contribution is -2.43. The number of aromatic nitrogens is 2. The van der Waals surface area contributed by atoms with E-state index in [-0.39, 0.29) is 17.9 Å². The fraction of sp³-hybridized carbons (Fsp3) is 0.292. The number of nitrogens with two attached hydrogens (primary N) is 1. The van der Waals surface area contributed by atoms with Gasteiger partial charge in [0.1, 0.15) is 0 Å². The van der Waals surface area contributed by atoms with E-state index in [9.17, 15) is 14.9 Å². The number of pyridine rings is 1. The number of primary amides is 1. The smallest absolute Gasteiger partial charge is 0.323 e. The molecule has 168 valence electrons. The summed E-state index contributed by atoms with van der Waals surface area (Å²) in [6, 6.07) is 13.1. The van der Waals surface area contributed by atoms with Crippen LogP contribution in [0.5, 0.6) is 0 Å². The minimum Gasteiger partial charge on any atom is -0.369 e. The van der Waals surface area contributed by atoms with Crippen LogP contribution in [0.2, 0.25) is 0 Å². The van der Waals surface area contributed by atoms with E-state index in [2.05, 4.69) is 16.4 Å². The van der Waals surface area contributed by atoms with Crippen molar-refractivity contribution in [3.63, 3.8) is 0 Å². The predicted molar refractivity (Wildman–Crippen MR) is 127 cm³/mol. The van der Waals surface area contributed by atoms with E-state index >= 15 is 0 Å². The summed E-state index contributed by atoms with van der Waals surface area (Å²) in [7, 11) is 0. The second-order valence-electron chi connectivity index (χ2n) is 8.12. The molecular formula is C24H24N6O2S. The summed E-state index contributed by atoms with van der Waals surface area (Å²) in [5.41, 5.74) is 10.2. The van der Waals surface area contributed by atoms with Crippen LogP contribution in [0.15, 0.2) is 36.4 Å². The lowest BCUT2D eigenvalue weighted by molar-refractivity contribution is -0.122. The third kappa shape index (κ3) is 5.02. The first-order valence-corrected chi connectivity index (χ1v) is 11.5. The number of thiazole rings is 1. The lowest BCUT2D eigenvalue weighted by Gasteiger charge is -2.30. The number of hydrogen-bond acceptors (Lipinski definition) is 6. The monoisotopic (exact) mass is 460 g/mol. The Morgan fingerprint density at radius 3 is 2.45 bits per heavy atom. The highest BCUT2D eigenvalue weighted by atomic mass is 32.1. The van der Waals surface area contributed by atoms with E-state index in [1.807, 2.05) is 38.1 Å². The number of carbonyl (C=O) groups excluding carboxylic acids is 2. The van der Waals surface area contributed by atoms with Crippen LogP contribution in [0.25, 0.3) is 21.7 Å². The molecule has 0 radical (unpaired) electrons. The Morgan fingerprint density at radius 2 is 1.82 bits per heavy atom. The summed E-state index contributed by atoms with van der Waals surface area (Å²) < 4.78 is 0. The zero-order chi connectivity index (χ0) is 23.5. The van der Waals surface area contributed by atoms with Gasteiger partial charge in [-0.25, -0.2) is 9.78 Å². The van der Waals surface area contributed by atoms with Gasteiger partial charge >= 0.3 is 6.03 Å². The van der Waals surface area contributed by atoms with Crippen LogP contribution in [-0.2, 0) is 4.79 Å². The van der Waals surface area contributed by atoms with Gasteiger partial charge in [0.2, 0.25) is 5.91 Å². The molecule has 4 rings (SSSR count). The fourth-order valence-corrected chi connectivity index (χ4v) is 4.97. The van der Waals surface area contributed by atoms with Crippen molar-refractivity contribution in [1.29, 1.82) is 5.26 Å². The number of urea groups is 1. The number of nitrogens with one attached hydrogen (secondary N) is 1. The number of hydrogen-bond donors (Lipinski definition) is 2. The van der Waals surface area contributed by atoms with E-state index in [4.69, 9.17) is 10.7 Å². The molecule has 33 heavy (non-hydrogen) atoms. The highest BCUT2D eigenvalue weighted by molar-refractivity contribution is 7.19. The van der Waals surface area contributed by atoms with Crippen molar-refractivity contribution in [3.05, 3.63) is 53.3 Å². The van der Waals surface area contributed by atoms with Gasteiger partial charge in [-0.3, -0.25) is 15.1 Å². The molecule has 3 N–H and O–H groups in total. The van der Waals surface area contributed by atoms with Crippen LogP contribution in [0, 0.1) is 31.1 Å². The van der Waals surface area contributed by atoms with E-state index in [1.165, 1.54) is 11.3 Å². The van der Waals surface area contributed by atoms with E-state index in [0.29, 0.717) is 42.3 Å². The molecule has 0 aliphatic carbocycles. The molecule has 3 amide bonds. The Bertz CT molecular complexity index is 1230. The topological polar surface area (TPSA) is 125 Å². The quantitative estimate of drug-likeness (QED) is 0.607. The van der Waals surface area contributed by atoms with Crippen LogP contribution in [0.1, 0.15) is 29.8 Å². The summed E-state index contributed by atoms with van der Waals surface area (Å²) in [6.45, 7) is 4.81. The average Bonchev–Trinajstić information content (AvgIpc) is 3.22. The lowest BCUT2D eigenvalue weighted by atomic mass is 9.96. The molecule has 3 heterocycles. The number of nitrogens with zero attached hydrogens (tertiary/aromatic N) is 4. The molecule has 0 bridgehead atoms. The van der Waals surface area contributed by atoms with Crippen molar-refractivity contribution in [2.45, 2.75) is 26.7 Å². The maximum atomic E-state index is 12.9. The number of amides is 3. The van der Waals surface area contributed by atoms with Gasteiger partial charge in [0.25, 0.3) is 0 Å². The van der Waals surface area contributed by atoms with Crippen molar-refractivity contribution in [2.75, 3.05) is 18.4 Å². The van der Waals surface area contributed by atoms with Gasteiger partial charge in [0.05, 0.1) is 22.2 Å². The van der Waals surface area contributed by atoms with Gasteiger partial charge in [0.15, 0.2) is 5.13 Å². The molecule has 1 aromatic carbocycles. The van der Waals surface area contributed by atoms with Crippen LogP contribution < -0.4 is 11.1 Å². The van der Waals surface area contributed by atoms with Gasteiger partial charge in [-0.15, -0.1) is 0 Å². The summed E-state index contributed by atoms with van der Waals surface area (Å²) in [5, 5.41) is 12.7. The van der Waals surface area contributed by atoms with Crippen LogP contribution in [0.3, 0.4) is 0 Å². The number of nitriles is 1. The van der Waals surface area contributed by atoms with Crippen LogP contribution in [-0.4, -0.2) is 39.9 Å². The summed E-state index contributed by atoms with van der Waals surface area (Å²) >= 11 is 1.38. The van der Waals surface area contributed by atoms with Gasteiger partial charge in [0, 0.05) is 36.0 Å². The minimum absolute atomic E-state index is 0.183. The number of benzene rings is 1. The number of piperidine rings is 1. The predicted octanol–water partition coefficient (Wildman–Crippen LogP) is 4.09. The van der Waals surface area contributed by atoms with Crippen molar-refractivity contribution >= 4 is 28.4 Å². The number of anilines is 1. The molecule has 0 saturated carbocycles. The molecule has 0 spiro atoms. The SMILES string of the molecule is Cc1cc(-c2sc(NC(=O)N3CCC(C(N)=O)CC3)nc2-c2cccc(C#N)c2)cc(C)n1. The number of aryl methyl sites for hydroxylation is 2. The van der Waals surface area contributed by atoms with Gasteiger partial charge in [-0.1, -0.05) is 23.5 Å². The molecule has 2 aromatic heterocycles. The maximum Gasteiger partial charge on any atom is 0.323 e. The minimum atomic E-state index is -0.313. The fourth-order valence-electron chi connectivity index (χ4n) is 4.00. The molecule has 1 aliphatic heterocycles.